The van der Waals surface area contributed by atoms with Crippen LogP contribution >= 0.6 is 0 Å². The Bertz CT molecular complexity index is 1070. The van der Waals surface area contributed by atoms with E-state index in [0.717, 1.165) is 9.21 Å². The second-order valence-corrected chi connectivity index (χ2v) is 10.3. The van der Waals surface area contributed by atoms with Gasteiger partial charge in [-0.1, -0.05) is 18.2 Å². The summed E-state index contributed by atoms with van der Waals surface area (Å²) in [4.78, 5) is 50.6. The molecule has 0 spiro atoms. The number of nitrogens with one attached hydrogen (secondary N) is 1. The highest BCUT2D eigenvalue weighted by molar-refractivity contribution is 7.89. The summed E-state index contributed by atoms with van der Waals surface area (Å²) in [6.45, 7) is 1.28. The van der Waals surface area contributed by atoms with Crippen LogP contribution in [0.25, 0.3) is 0 Å². The third-order valence-electron chi connectivity index (χ3n) is 5.70. The second-order valence-electron chi connectivity index (χ2n) is 8.17. The van der Waals surface area contributed by atoms with Gasteiger partial charge in [-0.05, 0) is 38.0 Å². The first-order valence-corrected chi connectivity index (χ1v) is 12.0. The van der Waals surface area contributed by atoms with Gasteiger partial charge in [0.05, 0.1) is 23.2 Å². The van der Waals surface area contributed by atoms with Crippen LogP contribution in [0.3, 0.4) is 0 Å². The summed E-state index contributed by atoms with van der Waals surface area (Å²) in [5.41, 5.74) is 0.232. The number of fused-ring (bicyclic) bond motifs is 1. The highest BCUT2D eigenvalue weighted by atomic mass is 32.2. The molecule has 0 radical (unpaired) electrons. The van der Waals surface area contributed by atoms with Crippen molar-refractivity contribution in [3.05, 3.63) is 36.4 Å². The predicted molar refractivity (Wildman–Crippen MR) is 118 cm³/mol. The van der Waals surface area contributed by atoms with Gasteiger partial charge in [-0.25, -0.2) is 12.7 Å². The van der Waals surface area contributed by atoms with E-state index in [1.165, 1.54) is 45.3 Å². The Kier molecular flexibility index (Phi) is 7.33. The number of nitrogens with zero attached hydrogens (tertiary/aromatic N) is 2. The number of allylic oxidation sites excluding steroid dienone is 2. The molecule has 1 aromatic rings. The van der Waals surface area contributed by atoms with Crippen LogP contribution in [0, 0.1) is 11.8 Å². The Hall–Kier alpha value is -3.05. The smallest absolute Gasteiger partial charge is 0.308 e. The molecule has 1 aliphatic heterocycles. The van der Waals surface area contributed by atoms with Crippen LogP contribution in [0.15, 0.2) is 41.3 Å². The monoisotopic (exact) mass is 477 g/mol. The van der Waals surface area contributed by atoms with Gasteiger partial charge in [0.2, 0.25) is 21.8 Å². The molecular formula is C22H27N3O7S. The molecule has 11 heteroatoms. The van der Waals surface area contributed by atoms with Crippen molar-refractivity contribution in [3.8, 4) is 0 Å². The van der Waals surface area contributed by atoms with E-state index in [1.807, 2.05) is 12.2 Å². The van der Waals surface area contributed by atoms with Crippen molar-refractivity contribution < 1.29 is 32.3 Å². The van der Waals surface area contributed by atoms with Crippen LogP contribution < -0.4 is 5.32 Å². The van der Waals surface area contributed by atoms with Crippen LogP contribution in [0.4, 0.5) is 5.69 Å². The van der Waals surface area contributed by atoms with Crippen molar-refractivity contribution in [2.75, 3.05) is 26.0 Å². The fourth-order valence-electron chi connectivity index (χ4n) is 3.79. The minimum absolute atomic E-state index is 0.00524. The number of carbonyl (C=O) groups is 4. The Morgan fingerprint density at radius 1 is 1.15 bits per heavy atom. The molecule has 1 aromatic carbocycles. The molecule has 3 amide bonds. The molecule has 3 atom stereocenters. The van der Waals surface area contributed by atoms with E-state index in [-0.39, 0.29) is 47.2 Å². The topological polar surface area (TPSA) is 130 Å². The van der Waals surface area contributed by atoms with Crippen molar-refractivity contribution in [2.24, 2.45) is 11.8 Å². The van der Waals surface area contributed by atoms with Gasteiger partial charge in [0.1, 0.15) is 0 Å². The van der Waals surface area contributed by atoms with Crippen LogP contribution in [-0.4, -0.2) is 68.1 Å². The van der Waals surface area contributed by atoms with Crippen molar-refractivity contribution in [1.29, 1.82) is 0 Å². The molecule has 2 aliphatic rings. The molecule has 3 rings (SSSR count). The van der Waals surface area contributed by atoms with E-state index < -0.39 is 28.0 Å². The normalized spacial score (nSPS) is 21.2. The average molecular weight is 478 g/mol. The summed E-state index contributed by atoms with van der Waals surface area (Å²) >= 11 is 0. The van der Waals surface area contributed by atoms with E-state index in [0.29, 0.717) is 12.8 Å². The van der Waals surface area contributed by atoms with Crippen molar-refractivity contribution in [3.63, 3.8) is 0 Å². The second kappa shape index (κ2) is 9.84. The Balaban J connectivity index is 1.53. The molecule has 10 nitrogen and oxygen atoms in total. The molecule has 0 bridgehead atoms. The van der Waals surface area contributed by atoms with Gasteiger partial charge in [-0.2, -0.15) is 0 Å². The minimum atomic E-state index is -3.67. The summed E-state index contributed by atoms with van der Waals surface area (Å²) in [5.74, 6) is -2.66. The molecular weight excluding hydrogens is 450 g/mol. The van der Waals surface area contributed by atoms with E-state index >= 15 is 0 Å². The van der Waals surface area contributed by atoms with E-state index in [1.54, 1.807) is 0 Å². The summed E-state index contributed by atoms with van der Waals surface area (Å²) < 4.78 is 30.7. The summed E-state index contributed by atoms with van der Waals surface area (Å²) in [6, 6.07) is 5.71. The molecule has 1 heterocycles. The Morgan fingerprint density at radius 2 is 1.76 bits per heavy atom. The standard InChI is InChI=1S/C22H27N3O7S/c1-14(20(27)23-15-7-6-8-16(13-15)33(30,31)24(2)3)32-19(26)11-12-25-21(28)17-9-4-5-10-18(17)22(25)29/h4-8,13-14,17-18H,9-12H2,1-3H3,(H,23,27)/t14-,17-,18-/m0/s1. The van der Waals surface area contributed by atoms with Gasteiger partial charge in [-0.15, -0.1) is 0 Å². The van der Waals surface area contributed by atoms with Crippen LogP contribution in [-0.2, 0) is 33.9 Å². The number of hydrogen-bond acceptors (Lipinski definition) is 7. The maximum atomic E-state index is 12.4. The molecule has 33 heavy (non-hydrogen) atoms. The number of esters is 1. The number of sulfonamides is 1. The molecule has 1 aliphatic carbocycles. The third kappa shape index (κ3) is 5.31. The van der Waals surface area contributed by atoms with Gasteiger partial charge < -0.3 is 10.1 Å². The first-order valence-electron chi connectivity index (χ1n) is 10.6. The SMILES string of the molecule is C[C@H](OC(=O)CCN1C(=O)[C@H]2CC=CC[C@@H]2C1=O)C(=O)Nc1cccc(S(=O)(=O)N(C)C)c1. The number of imide groups is 1. The molecule has 178 valence electrons. The van der Waals surface area contributed by atoms with Gasteiger partial charge in [0.15, 0.2) is 6.10 Å². The zero-order valence-electron chi connectivity index (χ0n) is 18.7. The van der Waals surface area contributed by atoms with E-state index in [2.05, 4.69) is 5.32 Å². The summed E-state index contributed by atoms with van der Waals surface area (Å²) in [7, 11) is -0.876. The van der Waals surface area contributed by atoms with Crippen LogP contribution in [0.5, 0.6) is 0 Å². The number of carbonyl (C=O) groups excluding carboxylic acids is 4. The fraction of sp³-hybridized carbons (Fsp3) is 0.455. The van der Waals surface area contributed by atoms with Crippen LogP contribution in [0.2, 0.25) is 0 Å². The number of amides is 3. The predicted octanol–water partition coefficient (Wildman–Crippen LogP) is 1.15. The first-order chi connectivity index (χ1) is 15.5. The molecule has 0 saturated carbocycles. The number of likely N-dealkylation sites (tertiary alicyclic amines) is 1. The lowest BCUT2D eigenvalue weighted by molar-refractivity contribution is -0.154. The minimum Gasteiger partial charge on any atom is -0.452 e. The highest BCUT2D eigenvalue weighted by Gasteiger charge is 2.47. The molecule has 0 unspecified atom stereocenters. The third-order valence-corrected chi connectivity index (χ3v) is 7.51. The Morgan fingerprint density at radius 3 is 2.33 bits per heavy atom. The largest absolute Gasteiger partial charge is 0.452 e. The van der Waals surface area contributed by atoms with Crippen molar-refractivity contribution in [2.45, 2.75) is 37.2 Å². The highest BCUT2D eigenvalue weighted by Crippen LogP contribution is 2.35. The maximum Gasteiger partial charge on any atom is 0.308 e. The lowest BCUT2D eigenvalue weighted by Crippen LogP contribution is -2.35. The summed E-state index contributed by atoms with van der Waals surface area (Å²) in [6.07, 6.45) is 3.42. The molecule has 1 fully saturated rings. The number of hydrogen-bond donors (Lipinski definition) is 1. The molecule has 1 saturated heterocycles. The fourth-order valence-corrected chi connectivity index (χ4v) is 4.74. The van der Waals surface area contributed by atoms with Gasteiger partial charge in [-0.3, -0.25) is 24.1 Å². The number of anilines is 1. The molecule has 1 N–H and O–H groups in total. The number of benzene rings is 1. The van der Waals surface area contributed by atoms with E-state index in [9.17, 15) is 27.6 Å². The van der Waals surface area contributed by atoms with E-state index in [4.69, 9.17) is 4.74 Å². The van der Waals surface area contributed by atoms with Crippen molar-refractivity contribution in [1.82, 2.24) is 9.21 Å². The lowest BCUT2D eigenvalue weighted by Gasteiger charge is -2.17. The zero-order chi connectivity index (χ0) is 24.3. The number of ether oxygens (including phenoxy) is 1. The van der Waals surface area contributed by atoms with Gasteiger partial charge in [0, 0.05) is 26.3 Å². The number of rotatable bonds is 8. The maximum absolute atomic E-state index is 12.4. The first kappa shape index (κ1) is 24.6. The quantitative estimate of drug-likeness (QED) is 0.338. The zero-order valence-corrected chi connectivity index (χ0v) is 19.5. The van der Waals surface area contributed by atoms with Gasteiger partial charge in [0.25, 0.3) is 5.91 Å². The summed E-state index contributed by atoms with van der Waals surface area (Å²) in [5, 5.41) is 2.52. The molecule has 0 aromatic heterocycles. The van der Waals surface area contributed by atoms with Crippen LogP contribution in [0.1, 0.15) is 26.2 Å². The lowest BCUT2D eigenvalue weighted by atomic mass is 9.85. The average Bonchev–Trinajstić information content (AvgIpc) is 3.02. The van der Waals surface area contributed by atoms with Gasteiger partial charge >= 0.3 is 5.97 Å². The Labute approximate surface area is 192 Å². The van der Waals surface area contributed by atoms with Crippen molar-refractivity contribution >= 4 is 39.4 Å².